The van der Waals surface area contributed by atoms with Gasteiger partial charge in [0.2, 0.25) is 0 Å². The molecule has 2 bridgehead atoms. The van der Waals surface area contributed by atoms with Crippen molar-refractivity contribution in [3.63, 3.8) is 0 Å². The highest BCUT2D eigenvalue weighted by atomic mass is 16.1. The monoisotopic (exact) mass is 227 g/mol. The fourth-order valence-corrected chi connectivity index (χ4v) is 3.06. The molecule has 2 nitrogen and oxygen atoms in total. The molecule has 2 aliphatic rings. The van der Waals surface area contributed by atoms with E-state index in [4.69, 9.17) is 0 Å². The molecule has 0 radical (unpaired) electrons. The molecular weight excluding hydrogens is 210 g/mol. The van der Waals surface area contributed by atoms with E-state index < -0.39 is 0 Å². The number of Topliss-reactive ketones (excluding diaryl/α,β-unsaturated/α-hetero) is 1. The molecule has 0 unspecified atom stereocenters. The molecule has 1 aromatic carbocycles. The Kier molecular flexibility index (Phi) is 2.60. The largest absolute Gasteiger partial charge is 0.296 e. The summed E-state index contributed by atoms with van der Waals surface area (Å²) in [6.45, 7) is 0. The fourth-order valence-electron chi connectivity index (χ4n) is 3.06. The van der Waals surface area contributed by atoms with Crippen molar-refractivity contribution in [2.75, 3.05) is 7.05 Å². The minimum atomic E-state index is 0.347. The number of hydrogen-bond acceptors (Lipinski definition) is 2. The van der Waals surface area contributed by atoms with E-state index in [1.54, 1.807) is 0 Å². The minimum absolute atomic E-state index is 0.347. The minimum Gasteiger partial charge on any atom is -0.296 e. The van der Waals surface area contributed by atoms with Crippen molar-refractivity contribution < 1.29 is 4.79 Å². The number of rotatable bonds is 1. The van der Waals surface area contributed by atoms with Crippen molar-refractivity contribution in [3.05, 3.63) is 41.5 Å². The first-order valence-electron chi connectivity index (χ1n) is 6.27. The van der Waals surface area contributed by atoms with Crippen LogP contribution in [0.4, 0.5) is 0 Å². The number of fused-ring (bicyclic) bond motifs is 2. The molecule has 0 spiro atoms. The predicted octanol–water partition coefficient (Wildman–Crippen LogP) is 2.51. The van der Waals surface area contributed by atoms with Gasteiger partial charge in [-0.2, -0.15) is 0 Å². The summed E-state index contributed by atoms with van der Waals surface area (Å²) >= 11 is 0. The van der Waals surface area contributed by atoms with Gasteiger partial charge in [0, 0.05) is 24.1 Å². The first-order chi connectivity index (χ1) is 8.25. The molecule has 2 atom stereocenters. The van der Waals surface area contributed by atoms with Gasteiger partial charge < -0.3 is 0 Å². The summed E-state index contributed by atoms with van der Waals surface area (Å²) in [4.78, 5) is 14.5. The quantitative estimate of drug-likeness (QED) is 0.687. The van der Waals surface area contributed by atoms with Crippen LogP contribution in [0.3, 0.4) is 0 Å². The number of carbonyl (C=O) groups is 1. The number of piperidine rings is 1. The normalized spacial score (nSPS) is 31.1. The zero-order valence-corrected chi connectivity index (χ0v) is 10.1. The highest BCUT2D eigenvalue weighted by molar-refractivity contribution is 6.02. The number of nitrogens with zero attached hydrogens (tertiary/aromatic N) is 1. The zero-order chi connectivity index (χ0) is 11.8. The standard InChI is InChI=1S/C15H17NO/c1-16-12-7-8-14(16)13(15(17)10-12)9-11-5-3-2-4-6-11/h2-6,9,12,14H,7-8,10H2,1H3/b13-9+/t12-,14+/m0/s1. The average molecular weight is 227 g/mol. The van der Waals surface area contributed by atoms with Crippen LogP contribution in [0.2, 0.25) is 0 Å². The maximum Gasteiger partial charge on any atom is 0.162 e. The van der Waals surface area contributed by atoms with Gasteiger partial charge in [0.05, 0.1) is 0 Å². The van der Waals surface area contributed by atoms with Crippen LogP contribution < -0.4 is 0 Å². The molecule has 0 aliphatic carbocycles. The van der Waals surface area contributed by atoms with Crippen molar-refractivity contribution in [1.29, 1.82) is 0 Å². The number of hydrogen-bond donors (Lipinski definition) is 0. The van der Waals surface area contributed by atoms with E-state index in [-0.39, 0.29) is 0 Å². The Hall–Kier alpha value is -1.41. The van der Waals surface area contributed by atoms with Gasteiger partial charge in [-0.15, -0.1) is 0 Å². The second kappa shape index (κ2) is 4.11. The molecule has 2 aliphatic heterocycles. The number of benzene rings is 1. The summed E-state index contributed by atoms with van der Waals surface area (Å²) in [6, 6.07) is 11.0. The molecule has 0 saturated carbocycles. The zero-order valence-electron chi connectivity index (χ0n) is 10.1. The molecule has 2 fully saturated rings. The Morgan fingerprint density at radius 2 is 2.00 bits per heavy atom. The van der Waals surface area contributed by atoms with Crippen LogP contribution in [-0.2, 0) is 4.79 Å². The lowest BCUT2D eigenvalue weighted by Gasteiger charge is -2.32. The van der Waals surface area contributed by atoms with Crippen molar-refractivity contribution in [3.8, 4) is 0 Å². The summed E-state index contributed by atoms with van der Waals surface area (Å²) < 4.78 is 0. The molecule has 1 aromatic rings. The van der Waals surface area contributed by atoms with Gasteiger partial charge in [-0.1, -0.05) is 30.3 Å². The Labute approximate surface area is 102 Å². The van der Waals surface area contributed by atoms with Crippen LogP contribution in [0.15, 0.2) is 35.9 Å². The van der Waals surface area contributed by atoms with Gasteiger partial charge in [-0.05, 0) is 31.5 Å². The third-order valence-corrected chi connectivity index (χ3v) is 4.06. The van der Waals surface area contributed by atoms with E-state index in [1.807, 2.05) is 18.2 Å². The third kappa shape index (κ3) is 1.83. The predicted molar refractivity (Wildman–Crippen MR) is 68.6 cm³/mol. The highest BCUT2D eigenvalue weighted by Crippen LogP contribution is 2.36. The van der Waals surface area contributed by atoms with Crippen LogP contribution in [0, 0.1) is 0 Å². The first kappa shape index (κ1) is 10.7. The molecule has 0 amide bonds. The van der Waals surface area contributed by atoms with Crippen molar-refractivity contribution in [1.82, 2.24) is 4.90 Å². The van der Waals surface area contributed by atoms with E-state index in [9.17, 15) is 4.79 Å². The summed E-state index contributed by atoms with van der Waals surface area (Å²) in [5, 5.41) is 0. The van der Waals surface area contributed by atoms with E-state index in [1.165, 1.54) is 6.42 Å². The average Bonchev–Trinajstić information content (AvgIpc) is 2.59. The van der Waals surface area contributed by atoms with Crippen molar-refractivity contribution in [2.45, 2.75) is 31.3 Å². The third-order valence-electron chi connectivity index (χ3n) is 4.06. The topological polar surface area (TPSA) is 20.3 Å². The van der Waals surface area contributed by atoms with Crippen molar-refractivity contribution >= 4 is 11.9 Å². The van der Waals surface area contributed by atoms with Gasteiger partial charge in [0.25, 0.3) is 0 Å². The Balaban J connectivity index is 1.96. The maximum atomic E-state index is 12.1. The summed E-state index contributed by atoms with van der Waals surface area (Å²) in [7, 11) is 2.15. The van der Waals surface area contributed by atoms with Crippen LogP contribution >= 0.6 is 0 Å². The number of likely N-dealkylation sites (N-methyl/N-ethyl adjacent to an activating group) is 1. The van der Waals surface area contributed by atoms with Gasteiger partial charge >= 0.3 is 0 Å². The summed E-state index contributed by atoms with van der Waals surface area (Å²) in [5.74, 6) is 0.347. The molecule has 0 N–H and O–H groups in total. The Bertz CT molecular complexity index is 463. The van der Waals surface area contributed by atoms with Gasteiger partial charge in [-0.3, -0.25) is 9.69 Å². The van der Waals surface area contributed by atoms with Crippen LogP contribution in [0.5, 0.6) is 0 Å². The lowest BCUT2D eigenvalue weighted by atomic mass is 9.94. The van der Waals surface area contributed by atoms with E-state index in [0.717, 1.165) is 17.6 Å². The van der Waals surface area contributed by atoms with Gasteiger partial charge in [0.1, 0.15) is 0 Å². The first-order valence-corrected chi connectivity index (χ1v) is 6.27. The van der Waals surface area contributed by atoms with E-state index in [0.29, 0.717) is 24.3 Å². The second-order valence-corrected chi connectivity index (χ2v) is 5.05. The van der Waals surface area contributed by atoms with E-state index in [2.05, 4.69) is 30.2 Å². The van der Waals surface area contributed by atoms with Crippen molar-refractivity contribution in [2.24, 2.45) is 0 Å². The SMILES string of the molecule is CN1[C@H]2CC[C@@H]1/C(=C\c1ccccc1)C(=O)C2. The lowest BCUT2D eigenvalue weighted by Crippen LogP contribution is -2.41. The van der Waals surface area contributed by atoms with Gasteiger partial charge in [-0.25, -0.2) is 0 Å². The van der Waals surface area contributed by atoms with Gasteiger partial charge in [0.15, 0.2) is 5.78 Å². The number of ketones is 1. The molecule has 2 saturated heterocycles. The molecule has 17 heavy (non-hydrogen) atoms. The fraction of sp³-hybridized carbons (Fsp3) is 0.400. The molecule has 2 heterocycles. The van der Waals surface area contributed by atoms with Crippen LogP contribution in [-0.4, -0.2) is 29.8 Å². The van der Waals surface area contributed by atoms with E-state index >= 15 is 0 Å². The Morgan fingerprint density at radius 1 is 1.24 bits per heavy atom. The van der Waals surface area contributed by atoms with Crippen LogP contribution in [0.25, 0.3) is 6.08 Å². The second-order valence-electron chi connectivity index (χ2n) is 5.05. The molecule has 88 valence electrons. The molecule has 2 heteroatoms. The summed E-state index contributed by atoms with van der Waals surface area (Å²) in [5.41, 5.74) is 2.14. The lowest BCUT2D eigenvalue weighted by molar-refractivity contribution is -0.118. The Morgan fingerprint density at radius 3 is 2.76 bits per heavy atom. The molecule has 0 aromatic heterocycles. The molecule has 3 rings (SSSR count). The summed E-state index contributed by atoms with van der Waals surface area (Å²) in [6.07, 6.45) is 5.07. The number of carbonyl (C=O) groups excluding carboxylic acids is 1. The van der Waals surface area contributed by atoms with Crippen LogP contribution in [0.1, 0.15) is 24.8 Å². The molecular formula is C15H17NO. The highest BCUT2D eigenvalue weighted by Gasteiger charge is 2.40. The maximum absolute atomic E-state index is 12.1. The smallest absolute Gasteiger partial charge is 0.162 e.